The van der Waals surface area contributed by atoms with Gasteiger partial charge >= 0.3 is 11.9 Å². The van der Waals surface area contributed by atoms with Gasteiger partial charge in [0.25, 0.3) is 5.91 Å². The van der Waals surface area contributed by atoms with Crippen LogP contribution >= 0.6 is 15.9 Å². The number of para-hydroxylation sites is 1. The van der Waals surface area contributed by atoms with Crippen molar-refractivity contribution in [3.05, 3.63) is 30.3 Å². The number of hydrogen-bond acceptors (Lipinski definition) is 5. The highest BCUT2D eigenvalue weighted by molar-refractivity contribution is 9.10. The van der Waals surface area contributed by atoms with E-state index in [0.29, 0.717) is 17.5 Å². The largest absolute Gasteiger partial charge is 0.465 e. The summed E-state index contributed by atoms with van der Waals surface area (Å²) in [6, 6.07) is 8.90. The Morgan fingerprint density at radius 2 is 1.73 bits per heavy atom. The minimum absolute atomic E-state index is 0.0418. The lowest BCUT2D eigenvalue weighted by atomic mass is 9.49. The lowest BCUT2D eigenvalue weighted by Gasteiger charge is -2.58. The maximum atomic E-state index is 13.1. The van der Waals surface area contributed by atoms with Crippen LogP contribution in [0.2, 0.25) is 0 Å². The lowest BCUT2D eigenvalue weighted by Crippen LogP contribution is -2.56. The summed E-state index contributed by atoms with van der Waals surface area (Å²) in [7, 11) is 0. The van der Waals surface area contributed by atoms with E-state index in [1.54, 1.807) is 31.2 Å². The molecule has 4 saturated carbocycles. The molecule has 0 radical (unpaired) electrons. The van der Waals surface area contributed by atoms with Crippen LogP contribution in [0.5, 0.6) is 0 Å². The van der Waals surface area contributed by atoms with Gasteiger partial charge in [-0.3, -0.25) is 19.3 Å². The third-order valence-corrected chi connectivity index (χ3v) is 7.64. The Kier molecular flexibility index (Phi) is 5.93. The molecule has 0 aliphatic heterocycles. The molecular weight excluding hydrogens is 450 g/mol. The van der Waals surface area contributed by atoms with E-state index >= 15 is 0 Å². The molecule has 0 heterocycles. The summed E-state index contributed by atoms with van der Waals surface area (Å²) in [6.07, 6.45) is 5.94. The number of anilines is 1. The van der Waals surface area contributed by atoms with E-state index < -0.39 is 17.3 Å². The fourth-order valence-corrected chi connectivity index (χ4v) is 7.47. The molecular formula is C23H28BrNO5. The van der Waals surface area contributed by atoms with E-state index in [2.05, 4.69) is 15.9 Å². The Morgan fingerprint density at radius 3 is 2.33 bits per heavy atom. The number of nitrogens with zero attached hydrogens (tertiary/aromatic N) is 1. The molecule has 0 saturated heterocycles. The van der Waals surface area contributed by atoms with E-state index in [0.717, 1.165) is 32.1 Å². The Bertz CT molecular complexity index is 812. The summed E-state index contributed by atoms with van der Waals surface area (Å²) in [5.41, 5.74) is 0.0906. The summed E-state index contributed by atoms with van der Waals surface area (Å²) < 4.78 is 10.6. The Hall–Kier alpha value is -1.89. The molecule has 4 bridgehead atoms. The third-order valence-electron chi connectivity index (χ3n) is 6.71. The van der Waals surface area contributed by atoms with Gasteiger partial charge in [-0.15, -0.1) is 0 Å². The molecule has 7 heteroatoms. The fourth-order valence-electron chi connectivity index (χ4n) is 6.02. The summed E-state index contributed by atoms with van der Waals surface area (Å²) in [6.45, 7) is 1.37. The van der Waals surface area contributed by atoms with Crippen LogP contribution in [0.1, 0.15) is 45.4 Å². The van der Waals surface area contributed by atoms with Crippen LogP contribution in [0.3, 0.4) is 0 Å². The predicted octanol–water partition coefficient (Wildman–Crippen LogP) is 3.86. The number of rotatable bonds is 7. The average molecular weight is 478 g/mol. The number of hydrogen-bond donors (Lipinski definition) is 0. The van der Waals surface area contributed by atoms with E-state index in [-0.39, 0.29) is 30.1 Å². The molecule has 0 aromatic heterocycles. The van der Waals surface area contributed by atoms with Crippen molar-refractivity contribution in [1.82, 2.24) is 0 Å². The molecule has 0 spiro atoms. The van der Waals surface area contributed by atoms with Gasteiger partial charge in [-0.1, -0.05) is 34.1 Å². The monoisotopic (exact) mass is 477 g/mol. The first-order valence-electron chi connectivity index (χ1n) is 10.7. The number of ether oxygens (including phenoxy) is 2. The van der Waals surface area contributed by atoms with Crippen LogP contribution in [-0.2, 0) is 23.9 Å². The second-order valence-corrected chi connectivity index (χ2v) is 10.8. The van der Waals surface area contributed by atoms with Gasteiger partial charge < -0.3 is 9.47 Å². The minimum Gasteiger partial charge on any atom is -0.465 e. The highest BCUT2D eigenvalue weighted by Crippen LogP contribution is 2.64. The number of alkyl halides is 1. The van der Waals surface area contributed by atoms with Gasteiger partial charge in [0.2, 0.25) is 0 Å². The van der Waals surface area contributed by atoms with Crippen LogP contribution < -0.4 is 4.90 Å². The molecule has 5 rings (SSSR count). The van der Waals surface area contributed by atoms with Crippen molar-refractivity contribution in [3.63, 3.8) is 0 Å². The number of halogens is 1. The van der Waals surface area contributed by atoms with E-state index in [4.69, 9.17) is 9.47 Å². The molecule has 30 heavy (non-hydrogen) atoms. The molecule has 1 aromatic carbocycles. The van der Waals surface area contributed by atoms with Crippen LogP contribution in [-0.4, -0.2) is 41.9 Å². The second kappa shape index (κ2) is 8.33. The van der Waals surface area contributed by atoms with Crippen molar-refractivity contribution in [2.75, 3.05) is 24.7 Å². The van der Waals surface area contributed by atoms with Gasteiger partial charge in [-0.2, -0.15) is 0 Å². The lowest BCUT2D eigenvalue weighted by molar-refractivity contribution is -0.171. The smallest absolute Gasteiger partial charge is 0.326 e. The van der Waals surface area contributed by atoms with Crippen molar-refractivity contribution in [1.29, 1.82) is 0 Å². The molecule has 2 atom stereocenters. The van der Waals surface area contributed by atoms with Gasteiger partial charge in [0.15, 0.2) is 6.61 Å². The fraction of sp³-hybridized carbons (Fsp3) is 0.609. The third kappa shape index (κ3) is 4.27. The molecule has 1 amide bonds. The van der Waals surface area contributed by atoms with E-state index in [1.165, 1.54) is 11.3 Å². The quantitative estimate of drug-likeness (QED) is 0.440. The van der Waals surface area contributed by atoms with Crippen molar-refractivity contribution in [3.8, 4) is 0 Å². The van der Waals surface area contributed by atoms with Crippen LogP contribution in [0.25, 0.3) is 0 Å². The molecule has 4 fully saturated rings. The first-order chi connectivity index (χ1) is 14.3. The maximum Gasteiger partial charge on any atom is 0.326 e. The van der Waals surface area contributed by atoms with E-state index in [1.807, 2.05) is 6.07 Å². The minimum atomic E-state index is -0.497. The number of carbonyl (C=O) groups is 3. The van der Waals surface area contributed by atoms with Crippen molar-refractivity contribution in [2.45, 2.75) is 49.8 Å². The molecule has 4 aliphatic carbocycles. The van der Waals surface area contributed by atoms with Gasteiger partial charge in [0, 0.05) is 10.0 Å². The Labute approximate surface area is 185 Å². The van der Waals surface area contributed by atoms with Gasteiger partial charge in [-0.25, -0.2) is 0 Å². The summed E-state index contributed by atoms with van der Waals surface area (Å²) in [4.78, 5) is 39.4. The summed E-state index contributed by atoms with van der Waals surface area (Å²) >= 11 is 3.90. The molecule has 4 aliphatic rings. The molecule has 1 aromatic rings. The van der Waals surface area contributed by atoms with Crippen molar-refractivity contribution < 1.29 is 23.9 Å². The molecule has 0 N–H and O–H groups in total. The zero-order valence-electron chi connectivity index (χ0n) is 17.3. The number of esters is 2. The van der Waals surface area contributed by atoms with Gasteiger partial charge in [0.1, 0.15) is 6.54 Å². The molecule has 6 nitrogen and oxygen atoms in total. The molecule has 2 unspecified atom stereocenters. The number of benzene rings is 1. The van der Waals surface area contributed by atoms with Gasteiger partial charge in [-0.05, 0) is 69.4 Å². The van der Waals surface area contributed by atoms with Crippen molar-refractivity contribution in [2.24, 2.45) is 17.3 Å². The standard InChI is InChI=1S/C23H28BrNO5/c1-2-29-20(27)13-25(18-6-4-3-5-7-18)19(26)14-30-21(28)22-9-16-8-17(10-22)12-23(24,11-16)15-22/h3-7,16-17H,2,8-15H2,1H3. The first kappa shape index (κ1) is 21.3. The summed E-state index contributed by atoms with van der Waals surface area (Å²) in [5.74, 6) is -0.0841. The van der Waals surface area contributed by atoms with Crippen LogP contribution in [0.15, 0.2) is 30.3 Å². The molecule has 162 valence electrons. The highest BCUT2D eigenvalue weighted by atomic mass is 79.9. The van der Waals surface area contributed by atoms with E-state index in [9.17, 15) is 14.4 Å². The SMILES string of the molecule is CCOC(=O)CN(C(=O)COC(=O)C12CC3CC(CC(Br)(C3)C1)C2)c1ccccc1. The number of amides is 1. The Morgan fingerprint density at radius 1 is 1.07 bits per heavy atom. The van der Waals surface area contributed by atoms with Gasteiger partial charge in [0.05, 0.1) is 12.0 Å². The maximum absolute atomic E-state index is 13.1. The second-order valence-electron chi connectivity index (χ2n) is 9.09. The van der Waals surface area contributed by atoms with Crippen LogP contribution in [0.4, 0.5) is 5.69 Å². The highest BCUT2D eigenvalue weighted by Gasteiger charge is 2.60. The van der Waals surface area contributed by atoms with Crippen LogP contribution in [0, 0.1) is 17.3 Å². The normalized spacial score (nSPS) is 31.3. The zero-order valence-corrected chi connectivity index (χ0v) is 18.9. The Balaban J connectivity index is 1.43. The number of carbonyl (C=O) groups excluding carboxylic acids is 3. The van der Waals surface area contributed by atoms with Crippen molar-refractivity contribution >= 4 is 39.5 Å². The zero-order chi connectivity index (χ0) is 21.4. The predicted molar refractivity (Wildman–Crippen MR) is 115 cm³/mol. The summed E-state index contributed by atoms with van der Waals surface area (Å²) in [5, 5.41) is 0. The first-order valence-corrected chi connectivity index (χ1v) is 11.5. The topological polar surface area (TPSA) is 72.9 Å². The average Bonchev–Trinajstić information content (AvgIpc) is 2.69.